The van der Waals surface area contributed by atoms with Crippen LogP contribution in [0.15, 0.2) is 0 Å². The lowest BCUT2D eigenvalue weighted by atomic mass is 9.99. The van der Waals surface area contributed by atoms with Crippen LogP contribution in [0.1, 0.15) is 26.2 Å². The molecule has 5 heteroatoms. The minimum absolute atomic E-state index is 0.0275. The fourth-order valence-electron chi connectivity index (χ4n) is 2.42. The average Bonchev–Trinajstić information content (AvgIpc) is 2.44. The summed E-state index contributed by atoms with van der Waals surface area (Å²) in [4.78, 5) is 25.2. The molecule has 5 nitrogen and oxygen atoms in total. The van der Waals surface area contributed by atoms with Crippen molar-refractivity contribution in [2.75, 3.05) is 26.3 Å². The summed E-state index contributed by atoms with van der Waals surface area (Å²) in [6, 6.07) is -0.384. The maximum atomic E-state index is 12.0. The highest BCUT2D eigenvalue weighted by atomic mass is 16.5. The van der Waals surface area contributed by atoms with E-state index in [9.17, 15) is 9.59 Å². The van der Waals surface area contributed by atoms with Gasteiger partial charge in [-0.05, 0) is 25.7 Å². The Kier molecular flexibility index (Phi) is 3.99. The van der Waals surface area contributed by atoms with E-state index < -0.39 is 0 Å². The average molecular weight is 240 g/mol. The Labute approximate surface area is 101 Å². The third kappa shape index (κ3) is 3.19. The Balaban J connectivity index is 1.93. The van der Waals surface area contributed by atoms with Gasteiger partial charge in [0, 0.05) is 32.7 Å². The lowest BCUT2D eigenvalue weighted by molar-refractivity contribution is -0.134. The van der Waals surface area contributed by atoms with E-state index in [1.807, 2.05) is 4.90 Å². The largest absolute Gasteiger partial charge is 0.381 e. The molecule has 0 spiro atoms. The van der Waals surface area contributed by atoms with Gasteiger partial charge in [0.05, 0.1) is 0 Å². The molecule has 0 radical (unpaired) electrons. The first kappa shape index (κ1) is 12.4. The molecule has 0 bridgehead atoms. The van der Waals surface area contributed by atoms with Crippen LogP contribution in [0.4, 0.5) is 0 Å². The van der Waals surface area contributed by atoms with Crippen LogP contribution in [0, 0.1) is 5.92 Å². The third-order valence-electron chi connectivity index (χ3n) is 3.49. The van der Waals surface area contributed by atoms with E-state index in [2.05, 4.69) is 5.32 Å². The molecule has 0 aromatic rings. The highest BCUT2D eigenvalue weighted by Crippen LogP contribution is 2.17. The van der Waals surface area contributed by atoms with Crippen LogP contribution in [0.3, 0.4) is 0 Å². The normalized spacial score (nSPS) is 27.8. The fraction of sp³-hybridized carbons (Fsp3) is 0.833. The van der Waals surface area contributed by atoms with Crippen LogP contribution in [-0.4, -0.2) is 49.1 Å². The van der Waals surface area contributed by atoms with Crippen LogP contribution in [0.5, 0.6) is 0 Å². The van der Waals surface area contributed by atoms with E-state index >= 15 is 0 Å². The van der Waals surface area contributed by atoms with Crippen molar-refractivity contribution in [1.82, 2.24) is 10.2 Å². The second kappa shape index (κ2) is 5.49. The first-order chi connectivity index (χ1) is 8.16. The summed E-state index contributed by atoms with van der Waals surface area (Å²) in [5.41, 5.74) is 0. The van der Waals surface area contributed by atoms with Gasteiger partial charge >= 0.3 is 0 Å². The predicted molar refractivity (Wildman–Crippen MR) is 62.3 cm³/mol. The molecule has 0 saturated carbocycles. The molecular weight excluding hydrogens is 220 g/mol. The van der Waals surface area contributed by atoms with Gasteiger partial charge in [-0.2, -0.15) is 0 Å². The number of hydrogen-bond acceptors (Lipinski definition) is 3. The van der Waals surface area contributed by atoms with E-state index in [0.717, 1.165) is 32.6 Å². The van der Waals surface area contributed by atoms with Crippen LogP contribution < -0.4 is 5.32 Å². The lowest BCUT2D eigenvalue weighted by Crippen LogP contribution is -2.44. The molecule has 1 atom stereocenters. The Bertz CT molecular complexity index is 300. The third-order valence-corrected chi connectivity index (χ3v) is 3.49. The van der Waals surface area contributed by atoms with Gasteiger partial charge in [-0.25, -0.2) is 0 Å². The highest BCUT2D eigenvalue weighted by Gasteiger charge is 2.28. The molecule has 0 aliphatic carbocycles. The van der Waals surface area contributed by atoms with E-state index in [-0.39, 0.29) is 17.9 Å². The summed E-state index contributed by atoms with van der Waals surface area (Å²) in [6.07, 6.45) is 2.44. The predicted octanol–water partition coefficient (Wildman–Crippen LogP) is 0.150. The van der Waals surface area contributed by atoms with Crippen LogP contribution in [0.25, 0.3) is 0 Å². The smallest absolute Gasteiger partial charge is 0.244 e. The first-order valence-corrected chi connectivity index (χ1v) is 6.32. The molecule has 2 aliphatic heterocycles. The second-order valence-electron chi connectivity index (χ2n) is 4.88. The molecule has 1 unspecified atom stereocenters. The van der Waals surface area contributed by atoms with Crippen LogP contribution >= 0.6 is 0 Å². The van der Waals surface area contributed by atoms with Gasteiger partial charge < -0.3 is 15.0 Å². The van der Waals surface area contributed by atoms with Crippen molar-refractivity contribution >= 4 is 11.8 Å². The maximum Gasteiger partial charge on any atom is 0.244 e. The lowest BCUT2D eigenvalue weighted by Gasteiger charge is -2.29. The Morgan fingerprint density at radius 1 is 1.35 bits per heavy atom. The maximum absolute atomic E-state index is 12.0. The number of nitrogens with zero attached hydrogens (tertiary/aromatic N) is 1. The Morgan fingerprint density at radius 2 is 2.06 bits per heavy atom. The molecule has 0 aromatic heterocycles. The van der Waals surface area contributed by atoms with Crippen molar-refractivity contribution in [3.05, 3.63) is 0 Å². The number of nitrogens with one attached hydrogen (secondary N) is 1. The van der Waals surface area contributed by atoms with Gasteiger partial charge in [-0.15, -0.1) is 0 Å². The topological polar surface area (TPSA) is 58.6 Å². The molecule has 2 amide bonds. The zero-order valence-corrected chi connectivity index (χ0v) is 10.3. The summed E-state index contributed by atoms with van der Waals surface area (Å²) >= 11 is 0. The monoisotopic (exact) mass is 240 g/mol. The van der Waals surface area contributed by atoms with E-state index in [1.165, 1.54) is 0 Å². The molecule has 2 heterocycles. The summed E-state index contributed by atoms with van der Waals surface area (Å²) < 4.78 is 5.31. The van der Waals surface area contributed by atoms with Crippen molar-refractivity contribution < 1.29 is 14.3 Å². The molecule has 0 aromatic carbocycles. The van der Waals surface area contributed by atoms with Gasteiger partial charge in [0.15, 0.2) is 0 Å². The standard InChI is InChI=1S/C12H20N2O3/c1-9-12(16)14(5-2-11(15)13-9)8-10-3-6-17-7-4-10/h9-10H,2-8H2,1H3,(H,13,15). The van der Waals surface area contributed by atoms with Gasteiger partial charge in [0.2, 0.25) is 11.8 Å². The fourth-order valence-corrected chi connectivity index (χ4v) is 2.42. The Morgan fingerprint density at radius 3 is 2.76 bits per heavy atom. The molecule has 2 rings (SSSR count). The van der Waals surface area contributed by atoms with E-state index in [1.54, 1.807) is 6.92 Å². The van der Waals surface area contributed by atoms with Gasteiger partial charge in [-0.1, -0.05) is 0 Å². The van der Waals surface area contributed by atoms with Crippen LogP contribution in [-0.2, 0) is 14.3 Å². The van der Waals surface area contributed by atoms with Crippen LogP contribution in [0.2, 0.25) is 0 Å². The zero-order chi connectivity index (χ0) is 12.3. The second-order valence-corrected chi connectivity index (χ2v) is 4.88. The number of amides is 2. The van der Waals surface area contributed by atoms with Gasteiger partial charge in [0.1, 0.15) is 6.04 Å². The summed E-state index contributed by atoms with van der Waals surface area (Å²) in [6.45, 7) is 4.65. The highest BCUT2D eigenvalue weighted by molar-refractivity contribution is 5.89. The SMILES string of the molecule is CC1NC(=O)CCN(CC2CCOCC2)C1=O. The number of hydrogen-bond donors (Lipinski definition) is 1. The van der Waals surface area contributed by atoms with E-state index in [0.29, 0.717) is 18.9 Å². The molecule has 17 heavy (non-hydrogen) atoms. The summed E-state index contributed by atoms with van der Waals surface area (Å²) in [5.74, 6) is 0.538. The molecule has 2 saturated heterocycles. The van der Waals surface area contributed by atoms with Gasteiger partial charge in [-0.3, -0.25) is 9.59 Å². The minimum Gasteiger partial charge on any atom is -0.381 e. The van der Waals surface area contributed by atoms with Crippen molar-refractivity contribution in [2.24, 2.45) is 5.92 Å². The Hall–Kier alpha value is -1.10. The number of ether oxygens (including phenoxy) is 1. The molecular formula is C12H20N2O3. The number of carbonyl (C=O) groups is 2. The molecule has 1 N–H and O–H groups in total. The van der Waals surface area contributed by atoms with Gasteiger partial charge in [0.25, 0.3) is 0 Å². The summed E-state index contributed by atoms with van der Waals surface area (Å²) in [5, 5.41) is 2.70. The van der Waals surface area contributed by atoms with Crippen molar-refractivity contribution in [3.63, 3.8) is 0 Å². The molecule has 96 valence electrons. The minimum atomic E-state index is -0.384. The molecule has 2 fully saturated rings. The van der Waals surface area contributed by atoms with Crippen molar-refractivity contribution in [1.29, 1.82) is 0 Å². The molecule has 2 aliphatic rings. The van der Waals surface area contributed by atoms with Crippen molar-refractivity contribution in [3.8, 4) is 0 Å². The quantitative estimate of drug-likeness (QED) is 0.747. The van der Waals surface area contributed by atoms with Crippen molar-refractivity contribution in [2.45, 2.75) is 32.2 Å². The van der Waals surface area contributed by atoms with E-state index in [4.69, 9.17) is 4.74 Å². The zero-order valence-electron chi connectivity index (χ0n) is 10.3. The summed E-state index contributed by atoms with van der Waals surface area (Å²) in [7, 11) is 0. The number of rotatable bonds is 2. The first-order valence-electron chi connectivity index (χ1n) is 6.32. The number of carbonyl (C=O) groups excluding carboxylic acids is 2.